The topological polar surface area (TPSA) is 87.3 Å². The van der Waals surface area contributed by atoms with Gasteiger partial charge in [-0.25, -0.2) is 4.98 Å². The summed E-state index contributed by atoms with van der Waals surface area (Å²) >= 11 is 0. The number of pyridine rings is 1. The molecule has 8 heteroatoms. The van der Waals surface area contributed by atoms with Crippen molar-refractivity contribution < 1.29 is 14.3 Å². The Morgan fingerprint density at radius 3 is 2.62 bits per heavy atom. The maximum Gasteiger partial charge on any atom is 0.255 e. The minimum Gasteiger partial charge on any atom is -0.496 e. The van der Waals surface area contributed by atoms with Crippen molar-refractivity contribution in [3.8, 4) is 28.0 Å². The molecule has 0 spiro atoms. The molecule has 4 aromatic rings. The minimum absolute atomic E-state index is 0.0708. The lowest BCUT2D eigenvalue weighted by molar-refractivity contribution is 0.0794. The second kappa shape index (κ2) is 9.27. The Hall–Kier alpha value is -3.70. The van der Waals surface area contributed by atoms with Gasteiger partial charge in [0.25, 0.3) is 5.91 Å². The molecule has 0 radical (unpaired) electrons. The van der Waals surface area contributed by atoms with Gasteiger partial charge in [0.1, 0.15) is 11.4 Å². The first kappa shape index (κ1) is 22.1. The number of hydrogen-bond donors (Lipinski definition) is 2. The van der Waals surface area contributed by atoms with Gasteiger partial charge in [0.15, 0.2) is 0 Å². The van der Waals surface area contributed by atoms with Crippen molar-refractivity contribution in [3.05, 3.63) is 66.5 Å². The van der Waals surface area contributed by atoms with Crippen LogP contribution < -0.4 is 10.1 Å². The molecule has 3 heterocycles. The maximum absolute atomic E-state index is 13.2. The molecule has 2 N–H and O–H groups in total. The van der Waals surface area contributed by atoms with Crippen molar-refractivity contribution in [2.45, 2.75) is 12.8 Å². The van der Waals surface area contributed by atoms with E-state index in [-0.39, 0.29) is 11.6 Å². The smallest absolute Gasteiger partial charge is 0.255 e. The zero-order valence-corrected chi connectivity index (χ0v) is 20.0. The summed E-state index contributed by atoms with van der Waals surface area (Å²) in [6.07, 6.45) is 5.71. The Morgan fingerprint density at radius 2 is 1.85 bits per heavy atom. The fourth-order valence-corrected chi connectivity index (χ4v) is 4.64. The Labute approximate surface area is 199 Å². The largest absolute Gasteiger partial charge is 0.496 e. The standard InChI is InChI=1S/C26H25N4O3P/c1-33-23-7-3-2-6-18(23)21-15-28-24-19(21)13-17(14-27-24)16-8-9-22(29-26(32)34)20(12-16)25(31)30-10-4-5-11-30/h2-3,6-9,12-15H,4-5,10-11,34H2,1H3,(H,27,28)(H,29,32). The van der Waals surface area contributed by atoms with Crippen molar-refractivity contribution in [1.29, 1.82) is 0 Å². The van der Waals surface area contributed by atoms with Gasteiger partial charge >= 0.3 is 0 Å². The van der Waals surface area contributed by atoms with Crippen molar-refractivity contribution in [2.75, 3.05) is 25.5 Å². The molecule has 1 aliphatic rings. The number of likely N-dealkylation sites (tertiary alicyclic amines) is 1. The quantitative estimate of drug-likeness (QED) is 0.373. The van der Waals surface area contributed by atoms with Gasteiger partial charge in [0, 0.05) is 47.6 Å². The average molecular weight is 472 g/mol. The predicted octanol–water partition coefficient (Wildman–Crippen LogP) is 5.55. The number of H-pyrrole nitrogens is 1. The Bertz CT molecular complexity index is 1390. The van der Waals surface area contributed by atoms with Crippen LogP contribution in [0.1, 0.15) is 23.2 Å². The summed E-state index contributed by atoms with van der Waals surface area (Å²) < 4.78 is 5.56. The molecule has 34 heavy (non-hydrogen) atoms. The lowest BCUT2D eigenvalue weighted by Crippen LogP contribution is -2.28. The molecule has 2 aromatic carbocycles. The highest BCUT2D eigenvalue weighted by Gasteiger charge is 2.23. The van der Waals surface area contributed by atoms with E-state index in [4.69, 9.17) is 4.74 Å². The highest BCUT2D eigenvalue weighted by atomic mass is 31.0. The van der Waals surface area contributed by atoms with Gasteiger partial charge in [-0.3, -0.25) is 9.59 Å². The average Bonchev–Trinajstić information content (AvgIpc) is 3.53. The fourth-order valence-electron chi connectivity index (χ4n) is 4.48. The van der Waals surface area contributed by atoms with E-state index in [1.165, 1.54) is 0 Å². The molecule has 2 aromatic heterocycles. The first-order valence-corrected chi connectivity index (χ1v) is 11.7. The van der Waals surface area contributed by atoms with E-state index in [2.05, 4.69) is 30.6 Å². The molecule has 1 unspecified atom stereocenters. The first-order valence-electron chi connectivity index (χ1n) is 11.2. The summed E-state index contributed by atoms with van der Waals surface area (Å²) in [4.78, 5) is 34.6. The normalized spacial score (nSPS) is 13.3. The maximum atomic E-state index is 13.2. The number of carbonyl (C=O) groups excluding carboxylic acids is 2. The molecule has 2 amide bonds. The number of hydrogen-bond acceptors (Lipinski definition) is 4. The van der Waals surface area contributed by atoms with Crippen molar-refractivity contribution >= 4 is 37.5 Å². The third-order valence-corrected chi connectivity index (χ3v) is 6.31. The summed E-state index contributed by atoms with van der Waals surface area (Å²) in [7, 11) is 3.75. The van der Waals surface area contributed by atoms with Gasteiger partial charge in [-0.15, -0.1) is 0 Å². The molecule has 172 valence electrons. The van der Waals surface area contributed by atoms with Crippen LogP contribution in [0.25, 0.3) is 33.3 Å². The van der Waals surface area contributed by atoms with E-state index in [0.717, 1.165) is 65.0 Å². The minimum atomic E-state index is -0.292. The van der Waals surface area contributed by atoms with Crippen molar-refractivity contribution in [1.82, 2.24) is 14.9 Å². The molecule has 1 fully saturated rings. The van der Waals surface area contributed by atoms with Gasteiger partial charge in [-0.1, -0.05) is 24.3 Å². The van der Waals surface area contributed by atoms with Crippen LogP contribution in [0.15, 0.2) is 60.9 Å². The van der Waals surface area contributed by atoms with Crippen LogP contribution in [0.2, 0.25) is 0 Å². The zero-order valence-electron chi connectivity index (χ0n) is 18.8. The molecule has 7 nitrogen and oxygen atoms in total. The number of fused-ring (bicyclic) bond motifs is 1. The van der Waals surface area contributed by atoms with E-state index >= 15 is 0 Å². The Balaban J connectivity index is 1.60. The second-order valence-corrected chi connectivity index (χ2v) is 8.80. The van der Waals surface area contributed by atoms with Gasteiger partial charge < -0.3 is 19.9 Å². The molecule has 0 bridgehead atoms. The molecule has 0 aliphatic carbocycles. The number of anilines is 1. The predicted molar refractivity (Wildman–Crippen MR) is 137 cm³/mol. The van der Waals surface area contributed by atoms with E-state index in [1.54, 1.807) is 19.4 Å². The molecule has 0 saturated carbocycles. The number of amides is 2. The SMILES string of the molecule is COc1ccccc1-c1c[nH]c2ncc(-c3ccc(NC(=O)P)c(C(=O)N4CCCC4)c3)cc12. The highest BCUT2D eigenvalue weighted by Crippen LogP contribution is 2.36. The lowest BCUT2D eigenvalue weighted by Gasteiger charge is -2.18. The van der Waals surface area contributed by atoms with Crippen molar-refractivity contribution in [2.24, 2.45) is 0 Å². The Morgan fingerprint density at radius 1 is 1.06 bits per heavy atom. The Kier molecular flexibility index (Phi) is 6.03. The zero-order chi connectivity index (χ0) is 23.7. The summed E-state index contributed by atoms with van der Waals surface area (Å²) in [6.45, 7) is 1.47. The summed E-state index contributed by atoms with van der Waals surface area (Å²) in [5, 5.41) is 3.72. The molecule has 1 saturated heterocycles. The van der Waals surface area contributed by atoms with Crippen LogP contribution in [0, 0.1) is 0 Å². The molecule has 1 atom stereocenters. The number of benzene rings is 2. The molecular formula is C26H25N4O3P. The number of rotatable bonds is 5. The van der Waals surface area contributed by atoms with E-state index < -0.39 is 0 Å². The van der Waals surface area contributed by atoms with Crippen molar-refractivity contribution in [3.63, 3.8) is 0 Å². The number of aromatic nitrogens is 2. The third-order valence-electron chi connectivity index (χ3n) is 6.16. The van der Waals surface area contributed by atoms with Gasteiger partial charge in [-0.2, -0.15) is 0 Å². The number of carbonyl (C=O) groups is 2. The summed E-state index contributed by atoms with van der Waals surface area (Å²) in [6, 6.07) is 15.4. The summed E-state index contributed by atoms with van der Waals surface area (Å²) in [5.74, 6) is 0.711. The fraction of sp³-hybridized carbons (Fsp3) is 0.192. The van der Waals surface area contributed by atoms with Crippen LogP contribution in [-0.2, 0) is 0 Å². The van der Waals surface area contributed by atoms with Gasteiger partial charge in [-0.05, 0) is 51.9 Å². The number of para-hydroxylation sites is 1. The number of nitrogens with zero attached hydrogens (tertiary/aromatic N) is 2. The van der Waals surface area contributed by atoms with E-state index in [0.29, 0.717) is 11.3 Å². The second-order valence-electron chi connectivity index (χ2n) is 8.27. The van der Waals surface area contributed by atoms with Gasteiger partial charge in [0.2, 0.25) is 5.65 Å². The van der Waals surface area contributed by atoms with Crippen LogP contribution in [0.3, 0.4) is 0 Å². The van der Waals surface area contributed by atoms with Crippen LogP contribution in [0.4, 0.5) is 10.5 Å². The number of aromatic amines is 1. The van der Waals surface area contributed by atoms with Gasteiger partial charge in [0.05, 0.1) is 18.4 Å². The summed E-state index contributed by atoms with van der Waals surface area (Å²) in [5.41, 5.74) is 5.15. The van der Waals surface area contributed by atoms with E-state index in [1.807, 2.05) is 47.5 Å². The van der Waals surface area contributed by atoms with Crippen LogP contribution >= 0.6 is 9.24 Å². The first-order chi connectivity index (χ1) is 16.5. The lowest BCUT2D eigenvalue weighted by atomic mass is 9.99. The molecule has 1 aliphatic heterocycles. The van der Waals surface area contributed by atoms with Crippen LogP contribution in [0.5, 0.6) is 5.75 Å². The molecule has 5 rings (SSSR count). The van der Waals surface area contributed by atoms with E-state index in [9.17, 15) is 9.59 Å². The monoisotopic (exact) mass is 472 g/mol. The molecular weight excluding hydrogens is 447 g/mol. The number of nitrogens with one attached hydrogen (secondary N) is 2. The highest BCUT2D eigenvalue weighted by molar-refractivity contribution is 7.40. The third kappa shape index (κ3) is 4.15. The van der Waals surface area contributed by atoms with Crippen LogP contribution in [-0.4, -0.2) is 46.6 Å². The number of methoxy groups -OCH3 is 1. The number of ether oxygens (including phenoxy) is 1.